The van der Waals surface area contributed by atoms with Crippen molar-refractivity contribution in [1.82, 2.24) is 14.7 Å². The molecule has 0 aliphatic rings. The van der Waals surface area contributed by atoms with E-state index < -0.39 is 6.04 Å². The summed E-state index contributed by atoms with van der Waals surface area (Å²) >= 11 is 1.71. The van der Waals surface area contributed by atoms with Crippen LogP contribution in [0.5, 0.6) is 0 Å². The van der Waals surface area contributed by atoms with E-state index in [2.05, 4.69) is 5.10 Å². The molecule has 0 bridgehead atoms. The van der Waals surface area contributed by atoms with Crippen LogP contribution in [0.3, 0.4) is 0 Å². The molecule has 1 aromatic heterocycles. The number of amides is 1. The third-order valence-corrected chi connectivity index (χ3v) is 3.42. The first-order valence-electron chi connectivity index (χ1n) is 6.09. The van der Waals surface area contributed by atoms with Gasteiger partial charge in [0, 0.05) is 31.9 Å². The molecule has 0 radical (unpaired) electrons. The van der Waals surface area contributed by atoms with Crippen molar-refractivity contribution in [3.63, 3.8) is 0 Å². The number of carbonyl (C=O) groups is 1. The van der Waals surface area contributed by atoms with Gasteiger partial charge in [-0.25, -0.2) is 0 Å². The number of aryl methyl sites for hydroxylation is 1. The van der Waals surface area contributed by atoms with Crippen molar-refractivity contribution < 1.29 is 4.79 Å². The summed E-state index contributed by atoms with van der Waals surface area (Å²) in [4.78, 5) is 13.9. The summed E-state index contributed by atoms with van der Waals surface area (Å²) < 4.78 is 1.74. The maximum Gasteiger partial charge on any atom is 0.239 e. The number of hydrogen-bond acceptors (Lipinski definition) is 4. The van der Waals surface area contributed by atoms with Gasteiger partial charge in [-0.3, -0.25) is 9.48 Å². The van der Waals surface area contributed by atoms with Crippen molar-refractivity contribution in [3.8, 4) is 0 Å². The summed E-state index contributed by atoms with van der Waals surface area (Å²) in [5.41, 5.74) is 6.95. The Balaban J connectivity index is 2.57. The first-order chi connectivity index (χ1) is 8.58. The number of nitrogens with two attached hydrogens (primary N) is 1. The highest BCUT2D eigenvalue weighted by Crippen LogP contribution is 2.07. The van der Waals surface area contributed by atoms with Crippen LogP contribution >= 0.6 is 11.8 Å². The summed E-state index contributed by atoms with van der Waals surface area (Å²) in [5.74, 6) is 0.938. The van der Waals surface area contributed by atoms with Gasteiger partial charge in [-0.2, -0.15) is 16.9 Å². The van der Waals surface area contributed by atoms with Gasteiger partial charge < -0.3 is 10.6 Å². The largest absolute Gasteiger partial charge is 0.337 e. The molecular formula is C12H22N4OS. The van der Waals surface area contributed by atoms with Crippen LogP contribution in [0.2, 0.25) is 0 Å². The Labute approximate surface area is 113 Å². The predicted octanol–water partition coefficient (Wildman–Crippen LogP) is 0.849. The molecule has 0 aliphatic carbocycles. The molecule has 1 rings (SSSR count). The normalized spacial score (nSPS) is 12.4. The van der Waals surface area contributed by atoms with E-state index in [4.69, 9.17) is 5.73 Å². The number of rotatable bonds is 7. The van der Waals surface area contributed by atoms with Gasteiger partial charge in [0.25, 0.3) is 0 Å². The van der Waals surface area contributed by atoms with E-state index >= 15 is 0 Å². The molecule has 1 heterocycles. The molecule has 1 aromatic rings. The van der Waals surface area contributed by atoms with Crippen LogP contribution in [-0.2, 0) is 18.4 Å². The van der Waals surface area contributed by atoms with Gasteiger partial charge in [0.05, 0.1) is 12.2 Å². The second kappa shape index (κ2) is 7.43. The minimum atomic E-state index is -0.394. The lowest BCUT2D eigenvalue weighted by molar-refractivity contribution is -0.133. The Hall–Kier alpha value is -1.01. The van der Waals surface area contributed by atoms with E-state index in [0.29, 0.717) is 13.1 Å². The Morgan fingerprint density at radius 1 is 1.67 bits per heavy atom. The first-order valence-corrected chi connectivity index (χ1v) is 7.48. The zero-order valence-electron chi connectivity index (χ0n) is 11.3. The van der Waals surface area contributed by atoms with Crippen LogP contribution in [-0.4, -0.2) is 45.2 Å². The lowest BCUT2D eigenvalue weighted by atomic mass is 10.2. The second-order valence-corrected chi connectivity index (χ2v) is 5.25. The van der Waals surface area contributed by atoms with Gasteiger partial charge in [-0.1, -0.05) is 0 Å². The number of likely N-dealkylation sites (N-methyl/N-ethyl adjacent to an activating group) is 1. The molecule has 102 valence electrons. The van der Waals surface area contributed by atoms with Crippen molar-refractivity contribution in [1.29, 1.82) is 0 Å². The number of thioether (sulfide) groups is 1. The fourth-order valence-corrected chi connectivity index (χ4v) is 2.21. The molecule has 1 atom stereocenters. The highest BCUT2D eigenvalue weighted by Gasteiger charge is 2.19. The number of hydrogen-bond donors (Lipinski definition) is 1. The van der Waals surface area contributed by atoms with E-state index in [0.717, 1.165) is 17.7 Å². The monoisotopic (exact) mass is 270 g/mol. The average molecular weight is 270 g/mol. The molecule has 2 N–H and O–H groups in total. The number of carbonyl (C=O) groups excluding carboxylic acids is 1. The van der Waals surface area contributed by atoms with Crippen molar-refractivity contribution in [2.75, 3.05) is 18.6 Å². The Kier molecular flexibility index (Phi) is 6.21. The van der Waals surface area contributed by atoms with E-state index in [1.54, 1.807) is 27.5 Å². The molecule has 1 amide bonds. The van der Waals surface area contributed by atoms with Crippen LogP contribution in [0, 0.1) is 0 Å². The predicted molar refractivity (Wildman–Crippen MR) is 75.3 cm³/mol. The molecule has 0 aliphatic heterocycles. The zero-order chi connectivity index (χ0) is 13.5. The highest BCUT2D eigenvalue weighted by atomic mass is 32.2. The fourth-order valence-electron chi connectivity index (χ4n) is 1.72. The molecule has 18 heavy (non-hydrogen) atoms. The number of aromatic nitrogens is 2. The van der Waals surface area contributed by atoms with Gasteiger partial charge >= 0.3 is 0 Å². The Bertz CT molecular complexity index is 380. The van der Waals surface area contributed by atoms with E-state index in [9.17, 15) is 4.79 Å². The van der Waals surface area contributed by atoms with E-state index in [1.807, 2.05) is 26.4 Å². The standard InChI is InChI=1S/C12H22N4OS/c1-4-16(9-10-7-14-15(2)8-10)12(17)11(13)5-6-18-3/h7-8,11H,4-6,9,13H2,1-3H3/t11-/m0/s1. The Morgan fingerprint density at radius 3 is 2.89 bits per heavy atom. The molecule has 0 saturated carbocycles. The molecule has 0 fully saturated rings. The summed E-state index contributed by atoms with van der Waals surface area (Å²) in [5, 5.41) is 4.10. The lowest BCUT2D eigenvalue weighted by Crippen LogP contribution is -2.43. The lowest BCUT2D eigenvalue weighted by Gasteiger charge is -2.23. The molecule has 0 spiro atoms. The minimum absolute atomic E-state index is 0.0235. The van der Waals surface area contributed by atoms with E-state index in [-0.39, 0.29) is 5.91 Å². The summed E-state index contributed by atoms with van der Waals surface area (Å²) in [6.45, 7) is 3.21. The Morgan fingerprint density at radius 2 is 2.39 bits per heavy atom. The number of nitrogens with zero attached hydrogens (tertiary/aromatic N) is 3. The van der Waals surface area contributed by atoms with Crippen LogP contribution in [0.25, 0.3) is 0 Å². The summed E-state index contributed by atoms with van der Waals surface area (Å²) in [6.07, 6.45) is 6.45. The molecule has 0 saturated heterocycles. The van der Waals surface area contributed by atoms with Crippen LogP contribution in [0.1, 0.15) is 18.9 Å². The highest BCUT2D eigenvalue weighted by molar-refractivity contribution is 7.98. The summed E-state index contributed by atoms with van der Waals surface area (Å²) in [6, 6.07) is -0.394. The van der Waals surface area contributed by atoms with Gasteiger partial charge in [0.1, 0.15) is 0 Å². The second-order valence-electron chi connectivity index (χ2n) is 4.26. The molecule has 6 heteroatoms. The first kappa shape index (κ1) is 15.0. The van der Waals surface area contributed by atoms with Crippen molar-refractivity contribution in [3.05, 3.63) is 18.0 Å². The SMILES string of the molecule is CCN(Cc1cnn(C)c1)C(=O)[C@@H](N)CCSC. The fraction of sp³-hybridized carbons (Fsp3) is 0.667. The minimum Gasteiger partial charge on any atom is -0.337 e. The maximum absolute atomic E-state index is 12.2. The summed E-state index contributed by atoms with van der Waals surface area (Å²) in [7, 11) is 1.87. The van der Waals surface area contributed by atoms with Gasteiger partial charge in [-0.05, 0) is 25.4 Å². The van der Waals surface area contributed by atoms with Gasteiger partial charge in [0.2, 0.25) is 5.91 Å². The van der Waals surface area contributed by atoms with Gasteiger partial charge in [0.15, 0.2) is 0 Å². The van der Waals surface area contributed by atoms with Crippen molar-refractivity contribution >= 4 is 17.7 Å². The third-order valence-electron chi connectivity index (χ3n) is 2.78. The molecular weight excluding hydrogens is 248 g/mol. The van der Waals surface area contributed by atoms with Crippen LogP contribution in [0.4, 0.5) is 0 Å². The van der Waals surface area contributed by atoms with Crippen LogP contribution in [0.15, 0.2) is 12.4 Å². The quantitative estimate of drug-likeness (QED) is 0.798. The third kappa shape index (κ3) is 4.34. The topological polar surface area (TPSA) is 64.2 Å². The van der Waals surface area contributed by atoms with E-state index in [1.165, 1.54) is 0 Å². The maximum atomic E-state index is 12.2. The average Bonchev–Trinajstić information content (AvgIpc) is 2.77. The zero-order valence-corrected chi connectivity index (χ0v) is 12.1. The van der Waals surface area contributed by atoms with Crippen molar-refractivity contribution in [2.24, 2.45) is 12.8 Å². The van der Waals surface area contributed by atoms with Gasteiger partial charge in [-0.15, -0.1) is 0 Å². The molecule has 0 unspecified atom stereocenters. The molecule has 0 aromatic carbocycles. The molecule has 5 nitrogen and oxygen atoms in total. The van der Waals surface area contributed by atoms with Crippen LogP contribution < -0.4 is 5.73 Å². The van der Waals surface area contributed by atoms with Crippen molar-refractivity contribution in [2.45, 2.75) is 25.9 Å². The smallest absolute Gasteiger partial charge is 0.239 e.